The van der Waals surface area contributed by atoms with Crippen LogP contribution in [0.4, 0.5) is 0 Å². The topological polar surface area (TPSA) is 77.8 Å². The fraction of sp³-hybridized carbons (Fsp3) is 0.320. The second-order valence-corrected chi connectivity index (χ2v) is 8.26. The number of carbonyl (C=O) groups is 2. The summed E-state index contributed by atoms with van der Waals surface area (Å²) in [6.45, 7) is 1.94. The number of ether oxygens (including phenoxy) is 2. The number of fused-ring (bicyclic) bond motifs is 2. The second-order valence-electron chi connectivity index (χ2n) is 8.26. The molecule has 5 rings (SSSR count). The summed E-state index contributed by atoms with van der Waals surface area (Å²) in [6.07, 6.45) is 1.17. The first kappa shape index (κ1) is 20.3. The summed E-state index contributed by atoms with van der Waals surface area (Å²) in [5, 5.41) is 0.758. The van der Waals surface area contributed by atoms with E-state index in [4.69, 9.17) is 9.47 Å². The standard InChI is InChI=1S/C25H24N2O5/c1-26-20-5-3-2-4-18(20)19(15-23(26)28)25(30)27-10-8-16(9-11-27)24(29)17-6-7-21-22(14-17)32-13-12-31-21/h2-7,14-16H,8-13H2,1H3. The Bertz CT molecular complexity index is 1270. The zero-order chi connectivity index (χ0) is 22.2. The van der Waals surface area contributed by atoms with E-state index in [2.05, 4.69) is 0 Å². The number of hydrogen-bond donors (Lipinski definition) is 0. The number of aryl methyl sites for hydroxylation is 1. The summed E-state index contributed by atoms with van der Waals surface area (Å²) < 4.78 is 12.7. The van der Waals surface area contributed by atoms with E-state index in [-0.39, 0.29) is 23.2 Å². The molecule has 3 aromatic rings. The predicted molar refractivity (Wildman–Crippen MR) is 120 cm³/mol. The lowest BCUT2D eigenvalue weighted by Crippen LogP contribution is -2.40. The molecule has 3 heterocycles. The highest BCUT2D eigenvalue weighted by molar-refractivity contribution is 6.06. The van der Waals surface area contributed by atoms with Gasteiger partial charge in [-0.15, -0.1) is 0 Å². The first-order chi connectivity index (χ1) is 15.5. The van der Waals surface area contributed by atoms with Gasteiger partial charge in [0.2, 0.25) is 0 Å². The van der Waals surface area contributed by atoms with Crippen molar-refractivity contribution in [2.24, 2.45) is 13.0 Å². The Morgan fingerprint density at radius 1 is 0.938 bits per heavy atom. The summed E-state index contributed by atoms with van der Waals surface area (Å²) in [5.74, 6) is 1.01. The maximum absolute atomic E-state index is 13.2. The molecule has 0 spiro atoms. The number of para-hydroxylation sites is 1. The Labute approximate surface area is 185 Å². The smallest absolute Gasteiger partial charge is 0.254 e. The van der Waals surface area contributed by atoms with E-state index in [1.807, 2.05) is 24.3 Å². The highest BCUT2D eigenvalue weighted by atomic mass is 16.6. The van der Waals surface area contributed by atoms with Gasteiger partial charge in [0.15, 0.2) is 17.3 Å². The maximum atomic E-state index is 13.2. The number of rotatable bonds is 3. The molecule has 0 saturated carbocycles. The van der Waals surface area contributed by atoms with Gasteiger partial charge in [0.05, 0.1) is 11.1 Å². The van der Waals surface area contributed by atoms with Crippen molar-refractivity contribution >= 4 is 22.6 Å². The predicted octanol–water partition coefficient (Wildman–Crippen LogP) is 3.04. The molecule has 7 heteroatoms. The van der Waals surface area contributed by atoms with Crippen molar-refractivity contribution < 1.29 is 19.1 Å². The minimum Gasteiger partial charge on any atom is -0.486 e. The molecular formula is C25H24N2O5. The average Bonchev–Trinajstić information content (AvgIpc) is 2.85. The van der Waals surface area contributed by atoms with Crippen molar-refractivity contribution in [1.82, 2.24) is 9.47 Å². The third kappa shape index (κ3) is 3.53. The summed E-state index contributed by atoms with van der Waals surface area (Å²) in [4.78, 5) is 40.4. The SMILES string of the molecule is Cn1c(=O)cc(C(=O)N2CCC(C(=O)c3ccc4c(c3)OCCO4)CC2)c2ccccc21. The second kappa shape index (κ2) is 8.15. The molecular weight excluding hydrogens is 408 g/mol. The molecule has 1 fully saturated rings. The molecule has 0 aliphatic carbocycles. The van der Waals surface area contributed by atoms with Crippen LogP contribution < -0.4 is 15.0 Å². The number of nitrogens with zero attached hydrogens (tertiary/aromatic N) is 2. The lowest BCUT2D eigenvalue weighted by Gasteiger charge is -2.32. The van der Waals surface area contributed by atoms with Gasteiger partial charge < -0.3 is 18.9 Å². The lowest BCUT2D eigenvalue weighted by molar-refractivity contribution is 0.0651. The van der Waals surface area contributed by atoms with Crippen LogP contribution in [0, 0.1) is 5.92 Å². The highest BCUT2D eigenvalue weighted by Gasteiger charge is 2.30. The molecule has 2 aliphatic rings. The third-order valence-electron chi connectivity index (χ3n) is 6.36. The number of carbonyl (C=O) groups excluding carboxylic acids is 2. The van der Waals surface area contributed by atoms with Gasteiger partial charge >= 0.3 is 0 Å². The van der Waals surface area contributed by atoms with Crippen LogP contribution in [0.1, 0.15) is 33.6 Å². The highest BCUT2D eigenvalue weighted by Crippen LogP contribution is 2.33. The van der Waals surface area contributed by atoms with Crippen molar-refractivity contribution in [2.45, 2.75) is 12.8 Å². The number of pyridine rings is 1. The molecule has 0 bridgehead atoms. The zero-order valence-electron chi connectivity index (χ0n) is 17.9. The number of amides is 1. The largest absolute Gasteiger partial charge is 0.486 e. The van der Waals surface area contributed by atoms with Crippen molar-refractivity contribution in [3.05, 3.63) is 70.0 Å². The third-order valence-corrected chi connectivity index (χ3v) is 6.36. The first-order valence-corrected chi connectivity index (χ1v) is 10.8. The summed E-state index contributed by atoms with van der Waals surface area (Å²) in [7, 11) is 1.70. The van der Waals surface area contributed by atoms with Crippen LogP contribution >= 0.6 is 0 Å². The van der Waals surface area contributed by atoms with Crippen LogP contribution in [0.15, 0.2) is 53.3 Å². The molecule has 0 unspecified atom stereocenters. The van der Waals surface area contributed by atoms with E-state index in [0.717, 1.165) is 10.9 Å². The van der Waals surface area contributed by atoms with Crippen LogP contribution in [0.3, 0.4) is 0 Å². The van der Waals surface area contributed by atoms with Crippen LogP contribution in [-0.4, -0.2) is 47.5 Å². The fourth-order valence-corrected chi connectivity index (χ4v) is 4.54. The van der Waals surface area contributed by atoms with Gasteiger partial charge in [-0.1, -0.05) is 18.2 Å². The molecule has 164 valence electrons. The molecule has 0 N–H and O–H groups in total. The molecule has 1 saturated heterocycles. The monoisotopic (exact) mass is 432 g/mol. The van der Waals surface area contributed by atoms with Gasteiger partial charge in [-0.3, -0.25) is 14.4 Å². The Kier molecular flexibility index (Phi) is 5.17. The summed E-state index contributed by atoms with van der Waals surface area (Å²) in [5.41, 5.74) is 1.54. The molecule has 32 heavy (non-hydrogen) atoms. The number of ketones is 1. The Morgan fingerprint density at radius 3 is 2.44 bits per heavy atom. The van der Waals surface area contributed by atoms with Crippen LogP contribution in [0.25, 0.3) is 10.9 Å². The first-order valence-electron chi connectivity index (χ1n) is 10.8. The minimum atomic E-state index is -0.212. The van der Waals surface area contributed by atoms with Gasteiger partial charge in [0.1, 0.15) is 13.2 Å². The van der Waals surface area contributed by atoms with E-state index in [1.165, 1.54) is 6.07 Å². The van der Waals surface area contributed by atoms with Crippen molar-refractivity contribution in [1.29, 1.82) is 0 Å². The van der Waals surface area contributed by atoms with Crippen molar-refractivity contribution in [3.8, 4) is 11.5 Å². The molecule has 1 amide bonds. The van der Waals surface area contributed by atoms with E-state index >= 15 is 0 Å². The van der Waals surface area contributed by atoms with E-state index < -0.39 is 0 Å². The van der Waals surface area contributed by atoms with Crippen LogP contribution in [0.5, 0.6) is 11.5 Å². The number of Topliss-reactive ketones (excluding diaryl/α,β-unsaturated/α-hetero) is 1. The number of aromatic nitrogens is 1. The minimum absolute atomic E-state index is 0.0631. The van der Waals surface area contributed by atoms with Crippen molar-refractivity contribution in [3.63, 3.8) is 0 Å². The van der Waals surface area contributed by atoms with Gasteiger partial charge in [-0.25, -0.2) is 0 Å². The molecule has 1 aromatic heterocycles. The summed E-state index contributed by atoms with van der Waals surface area (Å²) in [6, 6.07) is 14.1. The Morgan fingerprint density at radius 2 is 1.66 bits per heavy atom. The van der Waals surface area contributed by atoms with E-state index in [1.54, 1.807) is 34.7 Å². The quantitative estimate of drug-likeness (QED) is 0.595. The number of likely N-dealkylation sites (tertiary alicyclic amines) is 1. The summed E-state index contributed by atoms with van der Waals surface area (Å²) >= 11 is 0. The number of hydrogen-bond acceptors (Lipinski definition) is 5. The van der Waals surface area contributed by atoms with E-state index in [9.17, 15) is 14.4 Å². The number of benzene rings is 2. The normalized spacial score (nSPS) is 16.2. The van der Waals surface area contributed by atoms with Gasteiger partial charge in [-0.2, -0.15) is 0 Å². The Balaban J connectivity index is 1.31. The van der Waals surface area contributed by atoms with Gasteiger partial charge in [0, 0.05) is 43.1 Å². The lowest BCUT2D eigenvalue weighted by atomic mass is 9.88. The maximum Gasteiger partial charge on any atom is 0.254 e. The molecule has 7 nitrogen and oxygen atoms in total. The van der Waals surface area contributed by atoms with Crippen LogP contribution in [-0.2, 0) is 7.05 Å². The number of piperidine rings is 1. The van der Waals surface area contributed by atoms with E-state index in [0.29, 0.717) is 61.8 Å². The van der Waals surface area contributed by atoms with Crippen LogP contribution in [0.2, 0.25) is 0 Å². The van der Waals surface area contributed by atoms with Crippen molar-refractivity contribution in [2.75, 3.05) is 26.3 Å². The fourth-order valence-electron chi connectivity index (χ4n) is 4.54. The average molecular weight is 432 g/mol. The van der Waals surface area contributed by atoms with Gasteiger partial charge in [-0.05, 0) is 37.1 Å². The van der Waals surface area contributed by atoms with Gasteiger partial charge in [0.25, 0.3) is 11.5 Å². The zero-order valence-corrected chi connectivity index (χ0v) is 17.9. The molecule has 2 aromatic carbocycles. The molecule has 2 aliphatic heterocycles. The molecule has 0 radical (unpaired) electrons. The molecule has 0 atom stereocenters. The Hall–Kier alpha value is -3.61.